The third kappa shape index (κ3) is 3.77. The standard InChI is InChI=1S/C15H17BrN2O2/c1-20-10-13(6-7-16)18-15(19)12-4-5-14-11(9-12)3-2-8-17-14/h2-5,8-9,13H,6-7,10H2,1H3,(H,18,19). The van der Waals surface area contributed by atoms with Crippen LogP contribution in [-0.4, -0.2) is 36.0 Å². The molecular weight excluding hydrogens is 320 g/mol. The molecule has 1 N–H and O–H groups in total. The van der Waals surface area contributed by atoms with Crippen molar-refractivity contribution >= 4 is 32.7 Å². The summed E-state index contributed by atoms with van der Waals surface area (Å²) in [4.78, 5) is 16.5. The predicted octanol–water partition coefficient (Wildman–Crippen LogP) is 2.76. The minimum Gasteiger partial charge on any atom is -0.383 e. The fraction of sp³-hybridized carbons (Fsp3) is 0.333. The minimum absolute atomic E-state index is 0.0106. The van der Waals surface area contributed by atoms with Gasteiger partial charge in [-0.1, -0.05) is 22.0 Å². The van der Waals surface area contributed by atoms with E-state index in [1.165, 1.54) is 0 Å². The van der Waals surface area contributed by atoms with E-state index in [0.717, 1.165) is 22.7 Å². The second-order valence-electron chi connectivity index (χ2n) is 4.51. The Hall–Kier alpha value is -1.46. The summed E-state index contributed by atoms with van der Waals surface area (Å²) in [7, 11) is 1.63. The summed E-state index contributed by atoms with van der Waals surface area (Å²) in [6, 6.07) is 9.34. The Balaban J connectivity index is 2.13. The molecule has 0 aliphatic carbocycles. The van der Waals surface area contributed by atoms with Gasteiger partial charge in [0.25, 0.3) is 5.91 Å². The van der Waals surface area contributed by atoms with Gasteiger partial charge in [0.1, 0.15) is 0 Å². The predicted molar refractivity (Wildman–Crippen MR) is 83.3 cm³/mol. The van der Waals surface area contributed by atoms with E-state index in [1.807, 2.05) is 24.3 Å². The average Bonchev–Trinajstić information content (AvgIpc) is 2.47. The number of carbonyl (C=O) groups is 1. The molecule has 0 aliphatic heterocycles. The summed E-state index contributed by atoms with van der Waals surface area (Å²) in [5.74, 6) is -0.0845. The molecule has 1 atom stereocenters. The van der Waals surface area contributed by atoms with Crippen LogP contribution in [0.2, 0.25) is 0 Å². The zero-order chi connectivity index (χ0) is 14.4. The van der Waals surface area contributed by atoms with Gasteiger partial charge in [-0.15, -0.1) is 0 Å². The molecule has 2 rings (SSSR count). The molecule has 0 aliphatic rings. The molecule has 1 aromatic heterocycles. The number of carbonyl (C=O) groups excluding carboxylic acids is 1. The van der Waals surface area contributed by atoms with Gasteiger partial charge in [-0.3, -0.25) is 9.78 Å². The molecule has 1 aromatic carbocycles. The number of fused-ring (bicyclic) bond motifs is 1. The van der Waals surface area contributed by atoms with Crippen molar-refractivity contribution in [1.29, 1.82) is 0 Å². The summed E-state index contributed by atoms with van der Waals surface area (Å²) in [5, 5.41) is 4.77. The number of nitrogens with one attached hydrogen (secondary N) is 1. The average molecular weight is 337 g/mol. The molecule has 0 fully saturated rings. The number of rotatable bonds is 6. The first kappa shape index (κ1) is 14.9. The van der Waals surface area contributed by atoms with E-state index in [4.69, 9.17) is 4.74 Å². The molecule has 1 amide bonds. The fourth-order valence-corrected chi connectivity index (χ4v) is 2.57. The number of benzene rings is 1. The first-order valence-electron chi connectivity index (χ1n) is 6.45. The lowest BCUT2D eigenvalue weighted by Gasteiger charge is -2.16. The van der Waals surface area contributed by atoms with Crippen molar-refractivity contribution in [2.45, 2.75) is 12.5 Å². The van der Waals surface area contributed by atoms with E-state index in [9.17, 15) is 4.79 Å². The van der Waals surface area contributed by atoms with Crippen LogP contribution < -0.4 is 5.32 Å². The van der Waals surface area contributed by atoms with Crippen molar-refractivity contribution < 1.29 is 9.53 Å². The zero-order valence-corrected chi connectivity index (χ0v) is 12.9. The lowest BCUT2D eigenvalue weighted by molar-refractivity contribution is 0.0895. The number of pyridine rings is 1. The van der Waals surface area contributed by atoms with Crippen LogP contribution in [0.3, 0.4) is 0 Å². The van der Waals surface area contributed by atoms with Gasteiger partial charge in [0.05, 0.1) is 18.2 Å². The molecule has 0 radical (unpaired) electrons. The third-order valence-electron chi connectivity index (χ3n) is 3.03. The van der Waals surface area contributed by atoms with Gasteiger partial charge >= 0.3 is 0 Å². The molecule has 0 saturated heterocycles. The van der Waals surface area contributed by atoms with Gasteiger partial charge < -0.3 is 10.1 Å². The maximum Gasteiger partial charge on any atom is 0.251 e. The molecule has 1 heterocycles. The fourth-order valence-electron chi connectivity index (χ4n) is 2.02. The van der Waals surface area contributed by atoms with E-state index in [1.54, 1.807) is 19.4 Å². The molecule has 0 spiro atoms. The highest BCUT2D eigenvalue weighted by Gasteiger charge is 2.13. The van der Waals surface area contributed by atoms with Crippen LogP contribution in [0.4, 0.5) is 0 Å². The first-order valence-corrected chi connectivity index (χ1v) is 7.57. The highest BCUT2D eigenvalue weighted by atomic mass is 79.9. The molecule has 5 heteroatoms. The number of methoxy groups -OCH3 is 1. The Morgan fingerprint density at radius 1 is 1.45 bits per heavy atom. The monoisotopic (exact) mass is 336 g/mol. The largest absolute Gasteiger partial charge is 0.383 e. The highest BCUT2D eigenvalue weighted by Crippen LogP contribution is 2.13. The Bertz CT molecular complexity index is 583. The van der Waals surface area contributed by atoms with Gasteiger partial charge in [0.2, 0.25) is 0 Å². The maximum atomic E-state index is 12.2. The lowest BCUT2D eigenvalue weighted by atomic mass is 10.1. The molecule has 20 heavy (non-hydrogen) atoms. The quantitative estimate of drug-likeness (QED) is 0.825. The smallest absolute Gasteiger partial charge is 0.251 e. The number of hydrogen-bond donors (Lipinski definition) is 1. The topological polar surface area (TPSA) is 51.2 Å². The summed E-state index contributed by atoms with van der Waals surface area (Å²) in [5.41, 5.74) is 1.53. The molecule has 106 valence electrons. The Kier molecular flexibility index (Phi) is 5.49. The van der Waals surface area contributed by atoms with Crippen LogP contribution in [0.1, 0.15) is 16.8 Å². The summed E-state index contributed by atoms with van der Waals surface area (Å²) < 4.78 is 5.12. The van der Waals surface area contributed by atoms with Crippen LogP contribution in [0.15, 0.2) is 36.5 Å². The van der Waals surface area contributed by atoms with E-state index < -0.39 is 0 Å². The van der Waals surface area contributed by atoms with Crippen LogP contribution in [0.5, 0.6) is 0 Å². The van der Waals surface area contributed by atoms with Crippen LogP contribution >= 0.6 is 15.9 Å². The van der Waals surface area contributed by atoms with Gasteiger partial charge in [-0.2, -0.15) is 0 Å². The number of hydrogen-bond acceptors (Lipinski definition) is 3. The van der Waals surface area contributed by atoms with E-state index in [-0.39, 0.29) is 11.9 Å². The summed E-state index contributed by atoms with van der Waals surface area (Å²) >= 11 is 3.38. The van der Waals surface area contributed by atoms with Crippen molar-refractivity contribution in [3.05, 3.63) is 42.1 Å². The third-order valence-corrected chi connectivity index (χ3v) is 3.48. The minimum atomic E-state index is -0.0845. The van der Waals surface area contributed by atoms with Crippen LogP contribution in [0.25, 0.3) is 10.9 Å². The van der Waals surface area contributed by atoms with E-state index in [0.29, 0.717) is 12.2 Å². The second-order valence-corrected chi connectivity index (χ2v) is 5.31. The second kappa shape index (κ2) is 7.36. The Morgan fingerprint density at radius 3 is 3.05 bits per heavy atom. The number of alkyl halides is 1. The Morgan fingerprint density at radius 2 is 2.30 bits per heavy atom. The van der Waals surface area contributed by atoms with Gasteiger partial charge in [-0.25, -0.2) is 0 Å². The van der Waals surface area contributed by atoms with Crippen molar-refractivity contribution in [2.75, 3.05) is 19.0 Å². The Labute approximate surface area is 126 Å². The van der Waals surface area contributed by atoms with Gasteiger partial charge in [0.15, 0.2) is 0 Å². The van der Waals surface area contributed by atoms with E-state index in [2.05, 4.69) is 26.2 Å². The number of amides is 1. The van der Waals surface area contributed by atoms with Crippen molar-refractivity contribution in [2.24, 2.45) is 0 Å². The first-order chi connectivity index (χ1) is 9.74. The molecule has 1 unspecified atom stereocenters. The molecule has 0 bridgehead atoms. The normalized spacial score (nSPS) is 12.3. The van der Waals surface area contributed by atoms with Crippen molar-refractivity contribution in [3.63, 3.8) is 0 Å². The van der Waals surface area contributed by atoms with Crippen molar-refractivity contribution in [1.82, 2.24) is 10.3 Å². The van der Waals surface area contributed by atoms with Crippen LogP contribution in [-0.2, 0) is 4.74 Å². The molecule has 4 nitrogen and oxygen atoms in total. The van der Waals surface area contributed by atoms with Crippen LogP contribution in [0, 0.1) is 0 Å². The van der Waals surface area contributed by atoms with Gasteiger partial charge in [-0.05, 0) is 30.7 Å². The zero-order valence-electron chi connectivity index (χ0n) is 11.3. The maximum absolute atomic E-state index is 12.2. The molecule has 2 aromatic rings. The molecule has 0 saturated carbocycles. The number of halogens is 1. The van der Waals surface area contributed by atoms with Gasteiger partial charge in [0, 0.05) is 29.6 Å². The number of aromatic nitrogens is 1. The lowest BCUT2D eigenvalue weighted by Crippen LogP contribution is -2.38. The van der Waals surface area contributed by atoms with E-state index >= 15 is 0 Å². The highest BCUT2D eigenvalue weighted by molar-refractivity contribution is 9.09. The molecular formula is C15H17BrN2O2. The summed E-state index contributed by atoms with van der Waals surface area (Å²) in [6.07, 6.45) is 2.57. The summed E-state index contributed by atoms with van der Waals surface area (Å²) in [6.45, 7) is 0.506. The number of nitrogens with zero attached hydrogens (tertiary/aromatic N) is 1. The van der Waals surface area contributed by atoms with Crippen molar-refractivity contribution in [3.8, 4) is 0 Å². The SMILES string of the molecule is COCC(CCBr)NC(=O)c1ccc2ncccc2c1. The number of ether oxygens (including phenoxy) is 1.